The number of alkyl halides is 3. The smallest absolute Gasteiger partial charge is 0.327 e. The number of nitrogens with zero attached hydrogens (tertiary/aromatic N) is 2. The summed E-state index contributed by atoms with van der Waals surface area (Å²) in [6, 6.07) is 9.20. The first-order valence-corrected chi connectivity index (χ1v) is 4.20. The highest BCUT2D eigenvalue weighted by Crippen LogP contribution is 2.28. The molecule has 0 bridgehead atoms. The van der Waals surface area contributed by atoms with Crippen LogP contribution in [0.3, 0.4) is 0 Å². The van der Waals surface area contributed by atoms with Crippen molar-refractivity contribution in [2.24, 2.45) is 0 Å². The van der Waals surface area contributed by atoms with Crippen molar-refractivity contribution < 1.29 is 17.7 Å². The first-order valence-electron chi connectivity index (χ1n) is 4.20. The number of aromatic nitrogens is 2. The van der Waals surface area contributed by atoms with Crippen molar-refractivity contribution in [3.05, 3.63) is 36.2 Å². The third-order valence-corrected chi connectivity index (χ3v) is 1.64. The molecule has 1 aromatic carbocycles. The van der Waals surface area contributed by atoms with Gasteiger partial charge in [0, 0.05) is 5.69 Å². The minimum atomic E-state index is -4.63. The minimum absolute atomic E-state index is 0.237. The topological polar surface area (TPSA) is 51.0 Å². The fourth-order valence-corrected chi connectivity index (χ4v) is 0.989. The Kier molecular flexibility index (Phi) is 2.51. The Hall–Kier alpha value is -2.05. The van der Waals surface area contributed by atoms with Crippen LogP contribution in [0.5, 0.6) is 0 Å². The molecule has 16 heavy (non-hydrogen) atoms. The molecule has 0 spiro atoms. The highest BCUT2D eigenvalue weighted by molar-refractivity contribution is 5.51. The Morgan fingerprint density at radius 1 is 1.25 bits per heavy atom. The lowest BCUT2D eigenvalue weighted by Crippen LogP contribution is -2.05. The predicted octanol–water partition coefficient (Wildman–Crippen LogP) is 2.63. The zero-order valence-electron chi connectivity index (χ0n) is 7.75. The first kappa shape index (κ1) is 10.5. The summed E-state index contributed by atoms with van der Waals surface area (Å²) in [4.78, 5) is 3.15. The molecule has 0 aliphatic carbocycles. The van der Waals surface area contributed by atoms with Gasteiger partial charge in [-0.15, -0.1) is 0 Å². The summed E-state index contributed by atoms with van der Waals surface area (Å²) in [6.07, 6.45) is -4.63. The van der Waals surface area contributed by atoms with Gasteiger partial charge in [0.1, 0.15) is 0 Å². The molecule has 0 amide bonds. The van der Waals surface area contributed by atoms with Crippen molar-refractivity contribution in [1.82, 2.24) is 10.1 Å². The maximum Gasteiger partial charge on any atom is 0.471 e. The van der Waals surface area contributed by atoms with Gasteiger partial charge in [0.2, 0.25) is 0 Å². The summed E-state index contributed by atoms with van der Waals surface area (Å²) >= 11 is 0. The summed E-state index contributed by atoms with van der Waals surface area (Å²) in [5, 5.41) is 5.71. The average molecular weight is 228 g/mol. The molecule has 0 aliphatic heterocycles. The number of nitrogens with one attached hydrogen (secondary N) is 1. The van der Waals surface area contributed by atoms with Crippen LogP contribution in [0.25, 0.3) is 0 Å². The molecule has 0 saturated carbocycles. The van der Waals surface area contributed by atoms with Crippen molar-refractivity contribution in [2.75, 3.05) is 5.32 Å². The van der Waals surface area contributed by atoms with Gasteiger partial charge in [0.25, 0.3) is 5.95 Å². The Labute approximate surface area is 88.1 Å². The van der Waals surface area contributed by atoms with Crippen molar-refractivity contribution in [1.29, 1.82) is 0 Å². The second-order valence-corrected chi connectivity index (χ2v) is 2.83. The molecule has 1 aromatic heterocycles. The van der Waals surface area contributed by atoms with Gasteiger partial charge in [-0.25, -0.2) is 0 Å². The summed E-state index contributed by atoms with van der Waals surface area (Å²) in [6.45, 7) is 0. The minimum Gasteiger partial charge on any atom is -0.327 e. The molecule has 1 radical (unpaired) electrons. The SMILES string of the molecule is FC(F)(F)c1nc(Nc2cc[c]cc2)no1. The summed E-state index contributed by atoms with van der Waals surface area (Å²) in [7, 11) is 0. The van der Waals surface area contributed by atoms with E-state index in [4.69, 9.17) is 0 Å². The van der Waals surface area contributed by atoms with Gasteiger partial charge in [0.05, 0.1) is 0 Å². The Morgan fingerprint density at radius 2 is 1.94 bits per heavy atom. The maximum atomic E-state index is 12.1. The van der Waals surface area contributed by atoms with Crippen molar-refractivity contribution in [2.45, 2.75) is 6.18 Å². The molecule has 1 N–H and O–H groups in total. The number of rotatable bonds is 2. The molecular weight excluding hydrogens is 223 g/mol. The van der Waals surface area contributed by atoms with Crippen LogP contribution in [0.4, 0.5) is 24.8 Å². The molecule has 83 valence electrons. The number of halogens is 3. The quantitative estimate of drug-likeness (QED) is 0.858. The third-order valence-electron chi connectivity index (χ3n) is 1.64. The van der Waals surface area contributed by atoms with E-state index in [1.165, 1.54) is 0 Å². The summed E-state index contributed by atoms with van der Waals surface area (Å²) in [5.74, 6) is -1.61. The molecule has 0 atom stereocenters. The molecule has 0 fully saturated rings. The van der Waals surface area contributed by atoms with E-state index in [-0.39, 0.29) is 5.95 Å². The number of hydrogen-bond acceptors (Lipinski definition) is 4. The molecule has 0 unspecified atom stereocenters. The molecule has 1 heterocycles. The first-order chi connectivity index (χ1) is 7.55. The molecule has 0 saturated heterocycles. The number of benzene rings is 1. The van der Waals surface area contributed by atoms with Crippen LogP contribution < -0.4 is 5.32 Å². The Morgan fingerprint density at radius 3 is 2.50 bits per heavy atom. The van der Waals surface area contributed by atoms with E-state index in [0.717, 1.165) is 0 Å². The lowest BCUT2D eigenvalue weighted by Gasteiger charge is -1.98. The second-order valence-electron chi connectivity index (χ2n) is 2.83. The van der Waals surface area contributed by atoms with Crippen molar-refractivity contribution in [3.8, 4) is 0 Å². The molecule has 2 aromatic rings. The zero-order chi connectivity index (χ0) is 11.6. The molecule has 2 rings (SSSR count). The van der Waals surface area contributed by atoms with E-state index in [2.05, 4.69) is 26.0 Å². The van der Waals surface area contributed by atoms with Crippen LogP contribution in [-0.4, -0.2) is 10.1 Å². The number of anilines is 2. The normalized spacial score (nSPS) is 11.4. The molecule has 7 heteroatoms. The number of hydrogen-bond donors (Lipinski definition) is 1. The van der Waals surface area contributed by atoms with Gasteiger partial charge in [-0.2, -0.15) is 18.2 Å². The predicted molar refractivity (Wildman–Crippen MR) is 47.9 cm³/mol. The maximum absolute atomic E-state index is 12.1. The van der Waals surface area contributed by atoms with E-state index < -0.39 is 12.1 Å². The Bertz CT molecular complexity index is 466. The van der Waals surface area contributed by atoms with Crippen LogP contribution in [0.15, 0.2) is 28.8 Å². The molecular formula is C9H5F3N3O. The van der Waals surface area contributed by atoms with E-state index in [9.17, 15) is 13.2 Å². The van der Waals surface area contributed by atoms with Crippen molar-refractivity contribution in [3.63, 3.8) is 0 Å². The fraction of sp³-hybridized carbons (Fsp3) is 0.111. The van der Waals surface area contributed by atoms with Gasteiger partial charge in [-0.1, -0.05) is 12.1 Å². The lowest BCUT2D eigenvalue weighted by molar-refractivity contribution is -0.159. The van der Waals surface area contributed by atoms with Gasteiger partial charge >= 0.3 is 12.1 Å². The van der Waals surface area contributed by atoms with Gasteiger partial charge in [-0.05, 0) is 23.4 Å². The third kappa shape index (κ3) is 2.30. The fourth-order valence-electron chi connectivity index (χ4n) is 0.989. The largest absolute Gasteiger partial charge is 0.471 e. The highest BCUT2D eigenvalue weighted by Gasteiger charge is 2.38. The van der Waals surface area contributed by atoms with E-state index in [1.54, 1.807) is 24.3 Å². The summed E-state index contributed by atoms with van der Waals surface area (Å²) in [5.41, 5.74) is 0.549. The molecule has 0 aliphatic rings. The summed E-state index contributed by atoms with van der Waals surface area (Å²) < 4.78 is 40.4. The van der Waals surface area contributed by atoms with Gasteiger partial charge in [-0.3, -0.25) is 0 Å². The highest BCUT2D eigenvalue weighted by atomic mass is 19.4. The standard InChI is InChI=1S/C9H5F3N3O/c10-9(11,12)7-14-8(15-16-7)13-6-4-2-1-3-5-6/h2-5H,(H,13,15). The lowest BCUT2D eigenvalue weighted by atomic mass is 10.3. The van der Waals surface area contributed by atoms with E-state index in [1.807, 2.05) is 0 Å². The van der Waals surface area contributed by atoms with E-state index in [0.29, 0.717) is 5.69 Å². The van der Waals surface area contributed by atoms with Gasteiger partial charge in [0.15, 0.2) is 0 Å². The van der Waals surface area contributed by atoms with E-state index >= 15 is 0 Å². The van der Waals surface area contributed by atoms with Crippen LogP contribution in [-0.2, 0) is 6.18 Å². The van der Waals surface area contributed by atoms with Crippen LogP contribution in [0, 0.1) is 6.07 Å². The van der Waals surface area contributed by atoms with Gasteiger partial charge < -0.3 is 9.84 Å². The van der Waals surface area contributed by atoms with Crippen LogP contribution in [0.1, 0.15) is 5.89 Å². The Balaban J connectivity index is 2.15. The van der Waals surface area contributed by atoms with Crippen LogP contribution in [0.2, 0.25) is 0 Å². The monoisotopic (exact) mass is 228 g/mol. The van der Waals surface area contributed by atoms with Crippen molar-refractivity contribution >= 4 is 11.6 Å². The second kappa shape index (κ2) is 3.84. The molecule has 4 nitrogen and oxygen atoms in total. The zero-order valence-corrected chi connectivity index (χ0v) is 7.75. The van der Waals surface area contributed by atoms with Crippen LogP contribution >= 0.6 is 0 Å². The average Bonchev–Trinajstić information content (AvgIpc) is 2.67.